The largest absolute Gasteiger partial charge is 0.520 e. The fraction of sp³-hybridized carbons (Fsp3) is 0.640. The van der Waals surface area contributed by atoms with Crippen LogP contribution in [0.1, 0.15) is 53.5 Å². The van der Waals surface area contributed by atoms with E-state index in [4.69, 9.17) is 18.3 Å². The lowest BCUT2D eigenvalue weighted by Crippen LogP contribution is -2.51. The molecule has 0 saturated carbocycles. The van der Waals surface area contributed by atoms with Gasteiger partial charge in [0.1, 0.15) is 12.4 Å². The first-order chi connectivity index (χ1) is 16.1. The van der Waals surface area contributed by atoms with Crippen LogP contribution in [0.4, 0.5) is 0 Å². The molecule has 2 rings (SSSR count). The molecular weight excluding hydrogens is 454 g/mol. The zero-order valence-electron chi connectivity index (χ0n) is 21.2. The van der Waals surface area contributed by atoms with Gasteiger partial charge in [0.2, 0.25) is 11.8 Å². The van der Waals surface area contributed by atoms with Crippen molar-refractivity contribution in [1.82, 2.24) is 4.90 Å². The van der Waals surface area contributed by atoms with E-state index in [9.17, 15) is 14.4 Å². The van der Waals surface area contributed by atoms with Crippen LogP contribution < -0.4 is 4.43 Å². The predicted molar refractivity (Wildman–Crippen MR) is 130 cm³/mol. The molecule has 1 aliphatic heterocycles. The molecule has 190 valence electrons. The summed E-state index contributed by atoms with van der Waals surface area (Å²) in [5.74, 6) is 0.440. The minimum atomic E-state index is -2.65. The lowest BCUT2D eigenvalue weighted by atomic mass is 9.94. The fourth-order valence-corrected chi connectivity index (χ4v) is 7.65. The lowest BCUT2D eigenvalue weighted by Gasteiger charge is -2.37. The third-order valence-corrected chi connectivity index (χ3v) is 10.7. The molecule has 2 amide bonds. The van der Waals surface area contributed by atoms with Gasteiger partial charge < -0.3 is 18.3 Å². The lowest BCUT2D eigenvalue weighted by molar-refractivity contribution is -0.140. The third kappa shape index (κ3) is 7.13. The Kier molecular flexibility index (Phi) is 10.7. The molecule has 1 aliphatic rings. The van der Waals surface area contributed by atoms with E-state index in [1.807, 2.05) is 38.1 Å². The van der Waals surface area contributed by atoms with Crippen LogP contribution >= 0.6 is 0 Å². The van der Waals surface area contributed by atoms with Crippen LogP contribution in [0.2, 0.25) is 11.1 Å². The van der Waals surface area contributed by atoms with Crippen LogP contribution in [0.15, 0.2) is 24.3 Å². The maximum absolute atomic E-state index is 12.4. The number of likely N-dealkylation sites (tertiary alicyclic amines) is 1. The minimum Gasteiger partial charge on any atom is -0.520 e. The normalized spacial score (nSPS) is 16.7. The van der Waals surface area contributed by atoms with Gasteiger partial charge in [0, 0.05) is 23.4 Å². The molecule has 1 heterocycles. The van der Waals surface area contributed by atoms with E-state index in [0.717, 1.165) is 11.3 Å². The quantitative estimate of drug-likeness (QED) is 0.157. The first-order valence-corrected chi connectivity index (χ1v) is 14.0. The first-order valence-electron chi connectivity index (χ1n) is 12.0. The van der Waals surface area contributed by atoms with Gasteiger partial charge in [0.05, 0.1) is 26.4 Å². The van der Waals surface area contributed by atoms with Crippen LogP contribution in [-0.4, -0.2) is 58.1 Å². The van der Waals surface area contributed by atoms with Crippen molar-refractivity contribution in [2.45, 2.75) is 65.7 Å². The maximum Gasteiger partial charge on any atom is 0.404 e. The Morgan fingerprint density at radius 3 is 2.18 bits per heavy atom. The van der Waals surface area contributed by atoms with Gasteiger partial charge in [-0.25, -0.2) is 0 Å². The molecule has 0 spiro atoms. The molecule has 9 heteroatoms. The van der Waals surface area contributed by atoms with Crippen molar-refractivity contribution in [3.05, 3.63) is 29.8 Å². The summed E-state index contributed by atoms with van der Waals surface area (Å²) in [7, 11) is -2.65. The second-order valence-electron chi connectivity index (χ2n) is 9.58. The minimum absolute atomic E-state index is 0.0944. The number of carbonyl (C=O) groups excluding carboxylic acids is 3. The number of hydrogen-bond acceptors (Lipinski definition) is 7. The highest BCUT2D eigenvalue weighted by Crippen LogP contribution is 2.35. The number of benzene rings is 1. The number of carbonyl (C=O) groups is 3. The van der Waals surface area contributed by atoms with E-state index >= 15 is 0 Å². The molecular formula is C25H39NO7Si. The van der Waals surface area contributed by atoms with Crippen LogP contribution in [0, 0.1) is 11.8 Å². The van der Waals surface area contributed by atoms with E-state index in [0.29, 0.717) is 26.1 Å². The molecule has 0 aromatic heterocycles. The number of amides is 2. The van der Waals surface area contributed by atoms with Crippen molar-refractivity contribution >= 4 is 26.8 Å². The molecule has 0 aliphatic carbocycles. The Morgan fingerprint density at radius 2 is 1.65 bits per heavy atom. The second-order valence-corrected chi connectivity index (χ2v) is 13.8. The van der Waals surface area contributed by atoms with E-state index in [1.165, 1.54) is 4.90 Å². The summed E-state index contributed by atoms with van der Waals surface area (Å²) in [4.78, 5) is 36.2. The van der Waals surface area contributed by atoms with Crippen molar-refractivity contribution in [3.8, 4) is 5.75 Å². The summed E-state index contributed by atoms with van der Waals surface area (Å²) in [6.07, 6.45) is 0.291. The number of imide groups is 1. The Bertz CT molecular complexity index is 802. The topological polar surface area (TPSA) is 91.4 Å². The van der Waals surface area contributed by atoms with Crippen molar-refractivity contribution in [3.63, 3.8) is 0 Å². The number of rotatable bonds is 15. The van der Waals surface area contributed by atoms with E-state index in [-0.39, 0.29) is 54.5 Å². The third-order valence-electron chi connectivity index (χ3n) is 6.23. The summed E-state index contributed by atoms with van der Waals surface area (Å²) in [5.41, 5.74) is 1.27. The summed E-state index contributed by atoms with van der Waals surface area (Å²) >= 11 is 0. The average molecular weight is 494 g/mol. The van der Waals surface area contributed by atoms with Gasteiger partial charge in [-0.3, -0.25) is 19.3 Å². The molecule has 0 bridgehead atoms. The molecule has 34 heavy (non-hydrogen) atoms. The highest BCUT2D eigenvalue weighted by Gasteiger charge is 2.47. The van der Waals surface area contributed by atoms with Gasteiger partial charge in [-0.15, -0.1) is 0 Å². The Hall–Kier alpha value is -2.23. The zero-order valence-corrected chi connectivity index (χ0v) is 22.2. The van der Waals surface area contributed by atoms with Crippen molar-refractivity contribution in [1.29, 1.82) is 0 Å². The van der Waals surface area contributed by atoms with Gasteiger partial charge in [-0.2, -0.15) is 0 Å². The fourth-order valence-electron chi connectivity index (χ4n) is 4.22. The monoisotopic (exact) mass is 493 g/mol. The Morgan fingerprint density at radius 1 is 1.00 bits per heavy atom. The average Bonchev–Trinajstić information content (AvgIpc) is 3.08. The predicted octanol–water partition coefficient (Wildman–Crippen LogP) is 4.06. The Labute approximate surface area is 204 Å². The zero-order chi connectivity index (χ0) is 25.3. The van der Waals surface area contributed by atoms with Gasteiger partial charge in [-0.05, 0) is 23.6 Å². The highest BCUT2D eigenvalue weighted by atomic mass is 28.4. The van der Waals surface area contributed by atoms with Gasteiger partial charge in [0.25, 0.3) is 6.47 Å². The SMILES string of the molecule is CC(C)C1CC(=O)N(CCOCCO[Si](Oc2ccc(COC=O)cc2)(C(C)C)C(C)C)C1=O. The molecule has 1 aromatic carbocycles. The van der Waals surface area contributed by atoms with Crippen LogP contribution in [-0.2, 0) is 34.9 Å². The summed E-state index contributed by atoms with van der Waals surface area (Å²) in [5, 5.41) is 0. The van der Waals surface area contributed by atoms with Gasteiger partial charge in [0.15, 0.2) is 0 Å². The van der Waals surface area contributed by atoms with E-state index in [1.54, 1.807) is 0 Å². The second kappa shape index (κ2) is 13.0. The maximum atomic E-state index is 12.4. The number of hydrogen-bond donors (Lipinski definition) is 0. The van der Waals surface area contributed by atoms with Crippen LogP contribution in [0.3, 0.4) is 0 Å². The molecule has 1 saturated heterocycles. The van der Waals surface area contributed by atoms with E-state index in [2.05, 4.69) is 27.7 Å². The highest BCUT2D eigenvalue weighted by molar-refractivity contribution is 6.70. The molecule has 1 unspecified atom stereocenters. The molecule has 0 N–H and O–H groups in total. The van der Waals surface area contributed by atoms with Crippen molar-refractivity contribution in [2.75, 3.05) is 26.4 Å². The summed E-state index contributed by atoms with van der Waals surface area (Å²) < 4.78 is 23.4. The standard InChI is InChI=1S/C25H39NO7Si/c1-18(2)23-15-24(28)26(25(23)29)11-12-30-13-14-32-34(19(3)4,20(5)6)33-22-9-7-21(8-10-22)16-31-17-27/h7-10,17-20,23H,11-16H2,1-6H3. The number of nitrogens with zero attached hydrogens (tertiary/aromatic N) is 1. The van der Waals surface area contributed by atoms with Crippen LogP contribution in [0.5, 0.6) is 5.75 Å². The molecule has 1 atom stereocenters. The molecule has 0 radical (unpaired) electrons. The molecule has 1 aromatic rings. The van der Waals surface area contributed by atoms with Crippen molar-refractivity contribution < 1.29 is 32.7 Å². The summed E-state index contributed by atoms with van der Waals surface area (Å²) in [6.45, 7) is 14.3. The van der Waals surface area contributed by atoms with Crippen molar-refractivity contribution in [2.24, 2.45) is 11.8 Å². The molecule has 1 fully saturated rings. The molecule has 8 nitrogen and oxygen atoms in total. The van der Waals surface area contributed by atoms with Gasteiger partial charge >= 0.3 is 8.56 Å². The number of ether oxygens (including phenoxy) is 2. The van der Waals surface area contributed by atoms with E-state index < -0.39 is 8.56 Å². The Balaban J connectivity index is 1.87. The smallest absolute Gasteiger partial charge is 0.404 e. The first kappa shape index (κ1) is 28.0. The van der Waals surface area contributed by atoms with Gasteiger partial charge in [-0.1, -0.05) is 53.7 Å². The van der Waals surface area contributed by atoms with Crippen LogP contribution in [0.25, 0.3) is 0 Å². The summed E-state index contributed by atoms with van der Waals surface area (Å²) in [6, 6.07) is 7.47.